The summed E-state index contributed by atoms with van der Waals surface area (Å²) in [4.78, 5) is 37.5. The molecule has 0 aliphatic carbocycles. The van der Waals surface area contributed by atoms with Crippen LogP contribution in [0.15, 0.2) is 24.3 Å². The van der Waals surface area contributed by atoms with E-state index in [0.717, 1.165) is 18.4 Å². The van der Waals surface area contributed by atoms with Gasteiger partial charge in [-0.15, -0.1) is 0 Å². The number of aromatic carboxylic acids is 1. The minimum Gasteiger partial charge on any atom is -0.478 e. The molecule has 1 rings (SSSR count). The zero-order chi connectivity index (χ0) is 21.8. The summed E-state index contributed by atoms with van der Waals surface area (Å²) in [7, 11) is 0. The minimum absolute atomic E-state index is 0.0236. The molecule has 0 aliphatic rings. The molecule has 0 aromatic heterocycles. The summed E-state index contributed by atoms with van der Waals surface area (Å²) in [6.45, 7) is 7.40. The van der Waals surface area contributed by atoms with Gasteiger partial charge in [-0.2, -0.15) is 12.6 Å². The Morgan fingerprint density at radius 1 is 1.17 bits per heavy atom. The van der Waals surface area contributed by atoms with Crippen LogP contribution in [0.2, 0.25) is 0 Å². The monoisotopic (exact) mass is 422 g/mol. The van der Waals surface area contributed by atoms with Crippen LogP contribution in [-0.4, -0.2) is 46.6 Å². The third-order valence-corrected chi connectivity index (χ3v) is 5.47. The first-order valence-electron chi connectivity index (χ1n) is 10.3. The van der Waals surface area contributed by atoms with Crippen molar-refractivity contribution in [3.63, 3.8) is 0 Å². The molecule has 0 radical (unpaired) electrons. The highest BCUT2D eigenvalue weighted by Crippen LogP contribution is 2.16. The lowest BCUT2D eigenvalue weighted by Gasteiger charge is -2.24. The number of thiol groups is 1. The van der Waals surface area contributed by atoms with Crippen LogP contribution >= 0.6 is 12.6 Å². The summed E-state index contributed by atoms with van der Waals surface area (Å²) < 4.78 is 0. The third kappa shape index (κ3) is 9.35. The van der Waals surface area contributed by atoms with E-state index >= 15 is 0 Å². The third-order valence-electron chi connectivity index (χ3n) is 5.00. The van der Waals surface area contributed by atoms with Gasteiger partial charge in [0.2, 0.25) is 11.8 Å². The number of rotatable bonds is 13. The van der Waals surface area contributed by atoms with Crippen LogP contribution in [-0.2, 0) is 16.1 Å². The molecule has 1 aromatic rings. The van der Waals surface area contributed by atoms with Crippen LogP contribution in [0, 0.1) is 11.8 Å². The smallest absolute Gasteiger partial charge is 0.335 e. The lowest BCUT2D eigenvalue weighted by molar-refractivity contribution is -0.132. The number of nitrogens with one attached hydrogen (secondary N) is 1. The maximum atomic E-state index is 12.6. The summed E-state index contributed by atoms with van der Waals surface area (Å²) in [6, 6.07) is 6.53. The van der Waals surface area contributed by atoms with Crippen molar-refractivity contribution >= 4 is 30.4 Å². The lowest BCUT2D eigenvalue weighted by atomic mass is 9.94. The Hall–Kier alpha value is -2.02. The van der Waals surface area contributed by atoms with Crippen molar-refractivity contribution in [2.45, 2.75) is 53.0 Å². The molecule has 0 saturated carbocycles. The molecule has 0 bridgehead atoms. The minimum atomic E-state index is -0.976. The van der Waals surface area contributed by atoms with Gasteiger partial charge < -0.3 is 15.3 Å². The Morgan fingerprint density at radius 2 is 1.83 bits per heavy atom. The van der Waals surface area contributed by atoms with E-state index in [4.69, 9.17) is 5.11 Å². The Balaban J connectivity index is 2.66. The molecule has 1 aromatic carbocycles. The summed E-state index contributed by atoms with van der Waals surface area (Å²) in [5.74, 6) is 0.325. The van der Waals surface area contributed by atoms with E-state index in [1.165, 1.54) is 12.1 Å². The second kappa shape index (κ2) is 13.2. The van der Waals surface area contributed by atoms with Gasteiger partial charge in [0.25, 0.3) is 0 Å². The molecule has 6 nitrogen and oxygen atoms in total. The van der Waals surface area contributed by atoms with E-state index in [0.29, 0.717) is 44.1 Å². The number of hydrogen-bond donors (Lipinski definition) is 3. The van der Waals surface area contributed by atoms with Gasteiger partial charge in [0.15, 0.2) is 0 Å². The van der Waals surface area contributed by atoms with Crippen molar-refractivity contribution in [2.75, 3.05) is 18.8 Å². The van der Waals surface area contributed by atoms with Crippen LogP contribution in [0.1, 0.15) is 62.4 Å². The zero-order valence-corrected chi connectivity index (χ0v) is 18.6. The van der Waals surface area contributed by atoms with E-state index < -0.39 is 5.97 Å². The standard InChI is InChI=1S/C22H34N2O4S/c1-4-5-6-21(26)24(14-17-7-9-18(10-8-17)22(27)28)12-11-23-20(25)13-19(15-29)16(2)3/h7-10,16,19,29H,4-6,11-15H2,1-3H3,(H,23,25)(H,27,28). The van der Waals surface area contributed by atoms with E-state index in [9.17, 15) is 14.4 Å². The number of carboxylic acids is 1. The first kappa shape index (κ1) is 25.0. The molecule has 0 spiro atoms. The fourth-order valence-electron chi connectivity index (χ4n) is 2.90. The van der Waals surface area contributed by atoms with E-state index in [1.807, 2.05) is 6.92 Å². The van der Waals surface area contributed by atoms with E-state index in [2.05, 4.69) is 31.8 Å². The largest absolute Gasteiger partial charge is 0.478 e. The number of carbonyl (C=O) groups is 3. The van der Waals surface area contributed by atoms with Gasteiger partial charge in [-0.25, -0.2) is 4.79 Å². The summed E-state index contributed by atoms with van der Waals surface area (Å²) >= 11 is 4.32. The normalized spacial score (nSPS) is 11.9. The first-order valence-corrected chi connectivity index (χ1v) is 10.9. The number of nitrogens with zero attached hydrogens (tertiary/aromatic N) is 1. The van der Waals surface area contributed by atoms with Crippen molar-refractivity contribution in [1.29, 1.82) is 0 Å². The van der Waals surface area contributed by atoms with Gasteiger partial charge in [-0.05, 0) is 41.7 Å². The maximum absolute atomic E-state index is 12.6. The Bertz CT molecular complexity index is 661. The van der Waals surface area contributed by atoms with Crippen molar-refractivity contribution in [1.82, 2.24) is 10.2 Å². The summed E-state index contributed by atoms with van der Waals surface area (Å²) in [5, 5.41) is 11.9. The van der Waals surface area contributed by atoms with E-state index in [1.54, 1.807) is 17.0 Å². The summed E-state index contributed by atoms with van der Waals surface area (Å²) in [6.07, 6.45) is 2.65. The van der Waals surface area contributed by atoms with Crippen LogP contribution in [0.4, 0.5) is 0 Å². The zero-order valence-electron chi connectivity index (χ0n) is 17.7. The molecule has 162 valence electrons. The number of benzene rings is 1. The number of hydrogen-bond acceptors (Lipinski definition) is 4. The molecule has 2 N–H and O–H groups in total. The highest BCUT2D eigenvalue weighted by atomic mass is 32.1. The molecule has 0 fully saturated rings. The number of carbonyl (C=O) groups excluding carboxylic acids is 2. The predicted octanol–water partition coefficient (Wildman–Crippen LogP) is 3.61. The van der Waals surface area contributed by atoms with Crippen molar-refractivity contribution in [2.24, 2.45) is 11.8 Å². The molecule has 7 heteroatoms. The number of unbranched alkanes of at least 4 members (excludes halogenated alkanes) is 1. The SMILES string of the molecule is CCCCC(=O)N(CCNC(=O)CC(CS)C(C)C)Cc1ccc(C(=O)O)cc1. The Kier molecular flexibility index (Phi) is 11.4. The van der Waals surface area contributed by atoms with Gasteiger partial charge in [0.05, 0.1) is 5.56 Å². The summed E-state index contributed by atoms with van der Waals surface area (Å²) in [5.41, 5.74) is 1.08. The van der Waals surface area contributed by atoms with Crippen molar-refractivity contribution in [3.8, 4) is 0 Å². The average Bonchev–Trinajstić information content (AvgIpc) is 2.69. The number of carboxylic acid groups (broad SMARTS) is 1. The molecular weight excluding hydrogens is 388 g/mol. The van der Waals surface area contributed by atoms with Crippen LogP contribution in [0.25, 0.3) is 0 Å². The quantitative estimate of drug-likeness (QED) is 0.424. The van der Waals surface area contributed by atoms with Gasteiger partial charge in [0, 0.05) is 32.5 Å². The van der Waals surface area contributed by atoms with Gasteiger partial charge in [-0.1, -0.05) is 39.3 Å². The second-order valence-corrected chi connectivity index (χ2v) is 8.03. The Labute approximate surface area is 179 Å². The van der Waals surface area contributed by atoms with E-state index in [-0.39, 0.29) is 23.3 Å². The van der Waals surface area contributed by atoms with Gasteiger partial charge >= 0.3 is 5.97 Å². The van der Waals surface area contributed by atoms with Crippen molar-refractivity contribution < 1.29 is 19.5 Å². The first-order chi connectivity index (χ1) is 13.8. The molecular formula is C22H34N2O4S. The molecule has 1 atom stereocenters. The molecule has 2 amide bonds. The second-order valence-electron chi connectivity index (χ2n) is 7.66. The van der Waals surface area contributed by atoms with Crippen LogP contribution in [0.3, 0.4) is 0 Å². The van der Waals surface area contributed by atoms with Crippen LogP contribution in [0.5, 0.6) is 0 Å². The maximum Gasteiger partial charge on any atom is 0.335 e. The Morgan fingerprint density at radius 3 is 2.34 bits per heavy atom. The fourth-order valence-corrected chi connectivity index (χ4v) is 3.45. The highest BCUT2D eigenvalue weighted by Gasteiger charge is 2.17. The predicted molar refractivity (Wildman–Crippen MR) is 118 cm³/mol. The van der Waals surface area contributed by atoms with Gasteiger partial charge in [-0.3, -0.25) is 9.59 Å². The van der Waals surface area contributed by atoms with Gasteiger partial charge in [0.1, 0.15) is 0 Å². The molecule has 0 saturated heterocycles. The molecule has 0 aliphatic heterocycles. The topological polar surface area (TPSA) is 86.7 Å². The highest BCUT2D eigenvalue weighted by molar-refractivity contribution is 7.80. The lowest BCUT2D eigenvalue weighted by Crippen LogP contribution is -2.38. The number of amides is 2. The molecule has 29 heavy (non-hydrogen) atoms. The van der Waals surface area contributed by atoms with Crippen LogP contribution < -0.4 is 5.32 Å². The average molecular weight is 423 g/mol. The fraction of sp³-hybridized carbons (Fsp3) is 0.591. The molecule has 0 heterocycles. The molecule has 1 unspecified atom stereocenters. The van der Waals surface area contributed by atoms with Crippen molar-refractivity contribution in [3.05, 3.63) is 35.4 Å².